The third kappa shape index (κ3) is 3.01. The zero-order chi connectivity index (χ0) is 14.8. The Morgan fingerprint density at radius 1 is 1.38 bits per heavy atom. The molecule has 3 unspecified atom stereocenters. The summed E-state index contributed by atoms with van der Waals surface area (Å²) in [6.45, 7) is 4.32. The lowest BCUT2D eigenvalue weighted by Crippen LogP contribution is -2.21. The summed E-state index contributed by atoms with van der Waals surface area (Å²) in [6, 6.07) is 10.9. The van der Waals surface area contributed by atoms with Gasteiger partial charge in [-0.05, 0) is 31.0 Å². The largest absolute Gasteiger partial charge is 0.392 e. The molecule has 0 saturated heterocycles. The molecule has 1 aromatic heterocycles. The molecule has 3 atom stereocenters. The van der Waals surface area contributed by atoms with Gasteiger partial charge in [-0.2, -0.15) is 5.10 Å². The summed E-state index contributed by atoms with van der Waals surface area (Å²) >= 11 is 1.84. The summed E-state index contributed by atoms with van der Waals surface area (Å²) in [7, 11) is 0. The number of nitrogens with zero attached hydrogens (tertiary/aromatic N) is 2. The molecule has 1 aliphatic rings. The number of thioether (sulfide) groups is 1. The first kappa shape index (κ1) is 14.7. The summed E-state index contributed by atoms with van der Waals surface area (Å²) in [5, 5.41) is 15.2. The molecule has 1 aliphatic heterocycles. The van der Waals surface area contributed by atoms with Gasteiger partial charge in [0.05, 0.1) is 11.8 Å². The van der Waals surface area contributed by atoms with Crippen LogP contribution in [0.3, 0.4) is 0 Å². The highest BCUT2D eigenvalue weighted by atomic mass is 32.2. The number of aromatic nitrogens is 2. The smallest absolute Gasteiger partial charge is 0.0673 e. The average Bonchev–Trinajstić information content (AvgIpc) is 3.12. The van der Waals surface area contributed by atoms with Crippen molar-refractivity contribution in [2.45, 2.75) is 49.6 Å². The van der Waals surface area contributed by atoms with Crippen LogP contribution in [0.2, 0.25) is 0 Å². The molecule has 3 nitrogen and oxygen atoms in total. The molecule has 1 aromatic carbocycles. The van der Waals surface area contributed by atoms with E-state index in [1.165, 1.54) is 10.5 Å². The molecule has 4 heteroatoms. The number of aliphatic hydroxyl groups excluding tert-OH is 1. The van der Waals surface area contributed by atoms with Crippen molar-refractivity contribution in [3.8, 4) is 0 Å². The fourth-order valence-electron chi connectivity index (χ4n) is 2.78. The normalized spacial score (nSPS) is 20.2. The van der Waals surface area contributed by atoms with Crippen molar-refractivity contribution >= 4 is 11.8 Å². The van der Waals surface area contributed by atoms with E-state index in [1.807, 2.05) is 28.7 Å². The number of fused-ring (bicyclic) bond motifs is 1. The van der Waals surface area contributed by atoms with Gasteiger partial charge < -0.3 is 5.11 Å². The minimum Gasteiger partial charge on any atom is -0.392 e. The van der Waals surface area contributed by atoms with E-state index in [4.69, 9.17) is 0 Å². The lowest BCUT2D eigenvalue weighted by atomic mass is 9.93. The van der Waals surface area contributed by atoms with Crippen LogP contribution in [-0.2, 0) is 6.42 Å². The van der Waals surface area contributed by atoms with E-state index in [-0.39, 0.29) is 12.0 Å². The van der Waals surface area contributed by atoms with Crippen LogP contribution in [0.4, 0.5) is 0 Å². The second-order valence-corrected chi connectivity index (χ2v) is 6.83. The van der Waals surface area contributed by atoms with Gasteiger partial charge in [0.1, 0.15) is 0 Å². The van der Waals surface area contributed by atoms with Crippen LogP contribution < -0.4 is 0 Å². The van der Waals surface area contributed by atoms with E-state index in [1.54, 1.807) is 0 Å². The Morgan fingerprint density at radius 2 is 2.19 bits per heavy atom. The Bertz CT molecular complexity index is 610. The van der Waals surface area contributed by atoms with Crippen molar-refractivity contribution in [1.29, 1.82) is 0 Å². The van der Waals surface area contributed by atoms with E-state index in [9.17, 15) is 5.11 Å². The fourth-order valence-corrected chi connectivity index (χ4v) is 4.10. The molecule has 21 heavy (non-hydrogen) atoms. The van der Waals surface area contributed by atoms with Gasteiger partial charge >= 0.3 is 0 Å². The third-order valence-electron chi connectivity index (χ3n) is 4.33. The third-order valence-corrected chi connectivity index (χ3v) is 5.53. The van der Waals surface area contributed by atoms with Gasteiger partial charge in [0.25, 0.3) is 0 Å². The zero-order valence-electron chi connectivity index (χ0n) is 12.6. The molecule has 0 saturated carbocycles. The second-order valence-electron chi connectivity index (χ2n) is 5.77. The van der Waals surface area contributed by atoms with Crippen molar-refractivity contribution in [1.82, 2.24) is 9.78 Å². The monoisotopic (exact) mass is 302 g/mol. The van der Waals surface area contributed by atoms with Gasteiger partial charge in [0, 0.05) is 35.2 Å². The lowest BCUT2D eigenvalue weighted by Gasteiger charge is -2.17. The van der Waals surface area contributed by atoms with Crippen LogP contribution >= 0.6 is 11.8 Å². The highest BCUT2D eigenvalue weighted by molar-refractivity contribution is 7.99. The maximum absolute atomic E-state index is 10.6. The Morgan fingerprint density at radius 3 is 3.00 bits per heavy atom. The maximum atomic E-state index is 10.6. The van der Waals surface area contributed by atoms with Gasteiger partial charge in [0.15, 0.2) is 0 Å². The summed E-state index contributed by atoms with van der Waals surface area (Å²) in [5.41, 5.74) is 2.27. The molecular formula is C17H22N2OS. The lowest BCUT2D eigenvalue weighted by molar-refractivity contribution is 0.150. The molecule has 0 fully saturated rings. The minimum atomic E-state index is -0.360. The van der Waals surface area contributed by atoms with E-state index < -0.39 is 0 Å². The van der Waals surface area contributed by atoms with Crippen LogP contribution in [0.5, 0.6) is 0 Å². The van der Waals surface area contributed by atoms with Gasteiger partial charge in [-0.15, -0.1) is 11.8 Å². The standard InChI is InChI=1S/C17H22N2OS/c1-3-12(2)19-9-8-13(18-19)10-16(20)15-11-21-17-7-5-4-6-14(15)17/h4-9,12,15-16,20H,3,10-11H2,1-2H3. The van der Waals surface area contributed by atoms with Crippen molar-refractivity contribution in [2.75, 3.05) is 5.75 Å². The second kappa shape index (κ2) is 6.24. The van der Waals surface area contributed by atoms with E-state index in [2.05, 4.69) is 43.2 Å². The van der Waals surface area contributed by atoms with Crippen LogP contribution in [0, 0.1) is 0 Å². The highest BCUT2D eigenvalue weighted by Crippen LogP contribution is 2.41. The predicted molar refractivity (Wildman–Crippen MR) is 86.8 cm³/mol. The van der Waals surface area contributed by atoms with Crippen LogP contribution in [0.25, 0.3) is 0 Å². The van der Waals surface area contributed by atoms with Crippen LogP contribution in [0.1, 0.15) is 43.5 Å². The molecule has 2 aromatic rings. The molecule has 112 valence electrons. The Kier molecular flexibility index (Phi) is 4.36. The summed E-state index contributed by atoms with van der Waals surface area (Å²) in [6.07, 6.45) is 3.36. The van der Waals surface area contributed by atoms with Gasteiger partial charge in [-0.3, -0.25) is 4.68 Å². The van der Waals surface area contributed by atoms with Crippen LogP contribution in [0.15, 0.2) is 41.4 Å². The molecule has 0 spiro atoms. The molecule has 0 amide bonds. The average molecular weight is 302 g/mol. The molecular weight excluding hydrogens is 280 g/mol. The van der Waals surface area contributed by atoms with Crippen molar-refractivity contribution in [2.24, 2.45) is 0 Å². The van der Waals surface area contributed by atoms with Gasteiger partial charge in [-0.1, -0.05) is 25.1 Å². The summed E-state index contributed by atoms with van der Waals surface area (Å²) < 4.78 is 2.00. The topological polar surface area (TPSA) is 38.0 Å². The molecule has 3 rings (SSSR count). The van der Waals surface area contributed by atoms with E-state index >= 15 is 0 Å². The Balaban J connectivity index is 1.70. The Hall–Kier alpha value is -1.26. The number of hydrogen-bond donors (Lipinski definition) is 1. The molecule has 0 bridgehead atoms. The SMILES string of the molecule is CCC(C)n1ccc(CC(O)C2CSc3ccccc32)n1. The number of rotatable bonds is 5. The summed E-state index contributed by atoms with van der Waals surface area (Å²) in [4.78, 5) is 1.31. The Labute approximate surface area is 130 Å². The van der Waals surface area contributed by atoms with Crippen LogP contribution in [-0.4, -0.2) is 26.7 Å². The number of benzene rings is 1. The first-order chi connectivity index (χ1) is 10.2. The van der Waals surface area contributed by atoms with Crippen molar-refractivity contribution < 1.29 is 5.11 Å². The van der Waals surface area contributed by atoms with Crippen molar-refractivity contribution in [3.63, 3.8) is 0 Å². The van der Waals surface area contributed by atoms with Gasteiger partial charge in [-0.25, -0.2) is 0 Å². The molecule has 0 radical (unpaired) electrons. The first-order valence-corrected chi connectivity index (χ1v) is 8.61. The zero-order valence-corrected chi connectivity index (χ0v) is 13.4. The van der Waals surface area contributed by atoms with Gasteiger partial charge in [0.2, 0.25) is 0 Å². The maximum Gasteiger partial charge on any atom is 0.0673 e. The minimum absolute atomic E-state index is 0.222. The quantitative estimate of drug-likeness (QED) is 0.916. The predicted octanol–water partition coefficient (Wildman–Crippen LogP) is 3.65. The first-order valence-electron chi connectivity index (χ1n) is 7.63. The number of aliphatic hydroxyl groups is 1. The van der Waals surface area contributed by atoms with E-state index in [0.29, 0.717) is 12.5 Å². The number of hydrogen-bond acceptors (Lipinski definition) is 3. The van der Waals surface area contributed by atoms with E-state index in [0.717, 1.165) is 17.9 Å². The van der Waals surface area contributed by atoms with Crippen molar-refractivity contribution in [3.05, 3.63) is 47.8 Å². The molecule has 2 heterocycles. The molecule has 0 aliphatic carbocycles. The molecule has 1 N–H and O–H groups in total. The highest BCUT2D eigenvalue weighted by Gasteiger charge is 2.29. The fraction of sp³-hybridized carbons (Fsp3) is 0.471. The summed E-state index contributed by atoms with van der Waals surface area (Å²) in [5.74, 6) is 1.19.